The molecule has 10 nitrogen and oxygen atoms in total. The molecule has 0 aliphatic carbocycles. The van der Waals surface area contributed by atoms with Gasteiger partial charge in [0.1, 0.15) is 12.4 Å². The largest absolute Gasteiger partial charge is 0.494 e. The van der Waals surface area contributed by atoms with Gasteiger partial charge in [-0.1, -0.05) is 58.6 Å². The van der Waals surface area contributed by atoms with Crippen molar-refractivity contribution in [2.45, 2.75) is 31.0 Å². The molecule has 0 aromatic heterocycles. The van der Waals surface area contributed by atoms with Crippen molar-refractivity contribution in [1.29, 1.82) is 0 Å². The first-order valence-electron chi connectivity index (χ1n) is 13.1. The summed E-state index contributed by atoms with van der Waals surface area (Å²) in [5.74, 6) is 0.195. The van der Waals surface area contributed by atoms with Crippen molar-refractivity contribution in [1.82, 2.24) is 10.9 Å². The summed E-state index contributed by atoms with van der Waals surface area (Å²) in [5, 5.41) is 13.4. The first-order valence-corrected chi connectivity index (χ1v) is 13.9. The molecule has 3 N–H and O–H groups in total. The fourth-order valence-corrected chi connectivity index (χ4v) is 5.06. The van der Waals surface area contributed by atoms with Crippen LogP contribution in [0.2, 0.25) is 10.0 Å². The molecule has 1 amide bonds. The Morgan fingerprint density at radius 2 is 1.93 bits per heavy atom. The van der Waals surface area contributed by atoms with Gasteiger partial charge in [0.2, 0.25) is 5.90 Å². The molecule has 4 rings (SSSR count). The maximum Gasteiger partial charge on any atom is 0.266 e. The van der Waals surface area contributed by atoms with E-state index in [2.05, 4.69) is 20.9 Å². The molecule has 0 saturated heterocycles. The normalized spacial score (nSPS) is 17.6. The van der Waals surface area contributed by atoms with E-state index in [0.717, 1.165) is 0 Å². The Morgan fingerprint density at radius 3 is 2.62 bits per heavy atom. The zero-order valence-corrected chi connectivity index (χ0v) is 24.0. The van der Waals surface area contributed by atoms with E-state index in [0.29, 0.717) is 46.1 Å². The van der Waals surface area contributed by atoms with Crippen LogP contribution in [0.1, 0.15) is 34.8 Å². The summed E-state index contributed by atoms with van der Waals surface area (Å²) in [6.45, 7) is -0.377. The number of carbonyl (C=O) groups excluding carboxylic acids is 1. The van der Waals surface area contributed by atoms with Gasteiger partial charge < -0.3 is 14.6 Å². The molecule has 42 heavy (non-hydrogen) atoms. The number of alkyl halides is 1. The fraction of sp³-hybridized carbons (Fsp3) is 0.310. The van der Waals surface area contributed by atoms with E-state index in [9.17, 15) is 9.18 Å². The molecule has 0 bridgehead atoms. The number of rotatable bonds is 14. The van der Waals surface area contributed by atoms with Crippen molar-refractivity contribution in [2.24, 2.45) is 10.1 Å². The summed E-state index contributed by atoms with van der Waals surface area (Å²) in [6, 6.07) is 19.1. The minimum atomic E-state index is -1.63. The number of azide groups is 1. The number of benzene rings is 3. The van der Waals surface area contributed by atoms with Crippen LogP contribution in [0.15, 0.2) is 76.8 Å². The molecular weight excluding hydrogens is 586 g/mol. The Morgan fingerprint density at radius 1 is 1.17 bits per heavy atom. The molecule has 0 spiro atoms. The Labute approximate surface area is 252 Å². The van der Waals surface area contributed by atoms with Gasteiger partial charge in [-0.3, -0.25) is 10.2 Å². The number of ether oxygens (including phenoxy) is 2. The van der Waals surface area contributed by atoms with Gasteiger partial charge in [-0.15, -0.1) is 0 Å². The Bertz CT molecular complexity index is 1470. The van der Waals surface area contributed by atoms with E-state index in [1.807, 2.05) is 12.1 Å². The van der Waals surface area contributed by atoms with E-state index in [1.54, 1.807) is 54.6 Å². The summed E-state index contributed by atoms with van der Waals surface area (Å²) in [7, 11) is 0. The highest BCUT2D eigenvalue weighted by Gasteiger charge is 2.54. The number of hydrogen-bond donors (Lipinski definition) is 3. The third-order valence-electron chi connectivity index (χ3n) is 6.58. The van der Waals surface area contributed by atoms with E-state index in [4.69, 9.17) is 48.3 Å². The molecule has 2 atom stereocenters. The second-order valence-electron chi connectivity index (χ2n) is 9.36. The predicted molar refractivity (Wildman–Crippen MR) is 158 cm³/mol. The minimum absolute atomic E-state index is 0.0215. The highest BCUT2D eigenvalue weighted by atomic mass is 35.5. The lowest BCUT2D eigenvalue weighted by molar-refractivity contribution is -0.130. The van der Waals surface area contributed by atoms with Gasteiger partial charge in [-0.25, -0.2) is 14.8 Å². The van der Waals surface area contributed by atoms with E-state index < -0.39 is 24.2 Å². The molecule has 3 aromatic carbocycles. The second-order valence-corrected chi connectivity index (χ2v) is 10.2. The summed E-state index contributed by atoms with van der Waals surface area (Å²) >= 11 is 12.8. The number of aliphatic hydroxyl groups excluding tert-OH is 1. The smallest absolute Gasteiger partial charge is 0.266 e. The third-order valence-corrected chi connectivity index (χ3v) is 7.14. The van der Waals surface area contributed by atoms with Crippen LogP contribution in [0.25, 0.3) is 10.4 Å². The zero-order valence-electron chi connectivity index (χ0n) is 22.5. The van der Waals surface area contributed by atoms with Crippen molar-refractivity contribution < 1.29 is 23.8 Å². The average Bonchev–Trinajstić information content (AvgIpc) is 3.37. The van der Waals surface area contributed by atoms with E-state index in [1.165, 1.54) is 0 Å². The molecule has 1 heterocycles. The van der Waals surface area contributed by atoms with Crippen LogP contribution in [-0.4, -0.2) is 48.9 Å². The quantitative estimate of drug-likeness (QED) is 0.0707. The van der Waals surface area contributed by atoms with Crippen LogP contribution in [0, 0.1) is 0 Å². The lowest BCUT2D eigenvalue weighted by Gasteiger charge is -2.31. The third kappa shape index (κ3) is 7.31. The maximum atomic E-state index is 14.0. The van der Waals surface area contributed by atoms with Gasteiger partial charge >= 0.3 is 0 Å². The number of carbonyl (C=O) groups is 1. The number of nitrogens with zero attached hydrogens (tertiary/aromatic N) is 4. The highest BCUT2D eigenvalue weighted by molar-refractivity contribution is 6.35. The monoisotopic (exact) mass is 614 g/mol. The lowest BCUT2D eigenvalue weighted by Crippen LogP contribution is -2.54. The summed E-state index contributed by atoms with van der Waals surface area (Å²) < 4.78 is 25.0. The molecule has 0 unspecified atom stereocenters. The van der Waals surface area contributed by atoms with Gasteiger partial charge in [0, 0.05) is 52.1 Å². The number of amides is 1. The highest BCUT2D eigenvalue weighted by Crippen LogP contribution is 2.45. The number of nitrogens with one attached hydrogen (secondary N) is 2. The molecule has 0 fully saturated rings. The zero-order chi connectivity index (χ0) is 30.0. The van der Waals surface area contributed by atoms with Gasteiger partial charge in [-0.2, -0.15) is 0 Å². The van der Waals surface area contributed by atoms with Crippen molar-refractivity contribution in [3.05, 3.63) is 109 Å². The predicted octanol–water partition coefficient (Wildman–Crippen LogP) is 5.65. The minimum Gasteiger partial charge on any atom is -0.494 e. The maximum absolute atomic E-state index is 14.0. The topological polar surface area (TPSA) is 141 Å². The Balaban J connectivity index is 1.83. The van der Waals surface area contributed by atoms with Crippen molar-refractivity contribution >= 4 is 35.0 Å². The SMILES string of the molecule is [N-]=[N+]=NCc1ccccc1C[C@]1(C(=O)NNCCF)N=C(c2ccc(OCCCO)cc2)O[C@H]1c1ccc(Cl)cc1Cl. The van der Waals surface area contributed by atoms with Gasteiger partial charge in [0.25, 0.3) is 5.91 Å². The summed E-state index contributed by atoms with van der Waals surface area (Å²) in [4.78, 5) is 21.8. The van der Waals surface area contributed by atoms with Gasteiger partial charge in [0.05, 0.1) is 13.2 Å². The molecule has 220 valence electrons. The molecule has 3 aromatic rings. The number of halogens is 3. The van der Waals surface area contributed by atoms with Crippen LogP contribution >= 0.6 is 23.2 Å². The number of hydrazine groups is 1. The number of hydrogen-bond acceptors (Lipinski definition) is 7. The Kier molecular flexibility index (Phi) is 11.0. The van der Waals surface area contributed by atoms with Crippen molar-refractivity contribution in [2.75, 3.05) is 26.4 Å². The number of aliphatic hydroxyl groups is 1. The molecule has 13 heteroatoms. The summed E-state index contributed by atoms with van der Waals surface area (Å²) in [5.41, 5.74) is 14.9. The van der Waals surface area contributed by atoms with Gasteiger partial charge in [0.15, 0.2) is 11.6 Å². The molecule has 0 saturated carbocycles. The van der Waals surface area contributed by atoms with Gasteiger partial charge in [-0.05, 0) is 53.1 Å². The number of aliphatic imine (C=N–C) groups is 1. The van der Waals surface area contributed by atoms with Crippen LogP contribution in [0.5, 0.6) is 5.75 Å². The molecule has 0 radical (unpaired) electrons. The van der Waals surface area contributed by atoms with Crippen molar-refractivity contribution in [3.63, 3.8) is 0 Å². The van der Waals surface area contributed by atoms with E-state index in [-0.39, 0.29) is 37.0 Å². The molecule has 1 aliphatic rings. The average molecular weight is 615 g/mol. The Hall–Kier alpha value is -3.86. The first kappa shape index (κ1) is 31.1. The standard InChI is InChI=1S/C29H29Cl2FN6O4/c30-22-8-11-24(25(31)16-22)26-29(28(40)37-34-13-12-32,17-20-4-1-2-5-21(20)18-35-38-33)36-27(42-26)19-6-9-23(10-7-19)41-15-3-14-39/h1-2,4-11,16,26,34,39H,3,12-15,17-18H2,(H,37,40)/t26-,29-/m0/s1. The summed E-state index contributed by atoms with van der Waals surface area (Å²) in [6.07, 6.45) is -0.489. The van der Waals surface area contributed by atoms with Crippen LogP contribution in [0.3, 0.4) is 0 Å². The first-order chi connectivity index (χ1) is 20.4. The lowest BCUT2D eigenvalue weighted by atomic mass is 9.81. The van der Waals surface area contributed by atoms with Crippen LogP contribution in [0.4, 0.5) is 4.39 Å². The molecule has 1 aliphatic heterocycles. The van der Waals surface area contributed by atoms with Crippen LogP contribution in [-0.2, 0) is 22.5 Å². The fourth-order valence-electron chi connectivity index (χ4n) is 4.55. The second kappa shape index (κ2) is 14.9. The van der Waals surface area contributed by atoms with E-state index >= 15 is 0 Å². The molecular formula is C29H29Cl2FN6O4. The van der Waals surface area contributed by atoms with Crippen LogP contribution < -0.4 is 15.6 Å². The van der Waals surface area contributed by atoms with Crippen molar-refractivity contribution in [3.8, 4) is 5.75 Å².